The van der Waals surface area contributed by atoms with Gasteiger partial charge in [-0.1, -0.05) is 6.07 Å². The molecule has 1 aromatic carbocycles. The molecule has 2 aliphatic rings. The van der Waals surface area contributed by atoms with Gasteiger partial charge in [-0.05, 0) is 25.5 Å². The lowest BCUT2D eigenvalue weighted by atomic mass is 10.1. The van der Waals surface area contributed by atoms with Crippen LogP contribution in [0.4, 0.5) is 20.3 Å². The first kappa shape index (κ1) is 19.5. The van der Waals surface area contributed by atoms with Crippen molar-refractivity contribution in [3.8, 4) is 5.88 Å². The van der Waals surface area contributed by atoms with Gasteiger partial charge < -0.3 is 19.3 Å². The topological polar surface area (TPSA) is 67.8 Å². The lowest BCUT2D eigenvalue weighted by Gasteiger charge is -2.30. The number of amides is 1. The van der Waals surface area contributed by atoms with Crippen molar-refractivity contribution in [3.63, 3.8) is 0 Å². The normalized spacial score (nSPS) is 18.3. The minimum atomic E-state index is -2.51. The standard InChI is InChI=1S/C20H22F2N4O3/c1-20(22,19(27)26-7-6-13-14(21)4-3-5-15(13)26)18-23-16(12-17(24-18)28-2)25-8-10-29-11-9-25/h3-5,12H,6-11H2,1-2H3. The first-order valence-electron chi connectivity index (χ1n) is 9.46. The van der Waals surface area contributed by atoms with Crippen LogP contribution < -0.4 is 14.5 Å². The molecule has 2 aromatic rings. The quantitative estimate of drug-likeness (QED) is 0.779. The maximum absolute atomic E-state index is 15.8. The number of rotatable bonds is 4. The molecule has 3 heterocycles. The predicted molar refractivity (Wildman–Crippen MR) is 103 cm³/mol. The number of benzene rings is 1. The summed E-state index contributed by atoms with van der Waals surface area (Å²) in [5, 5.41) is 0. The third-order valence-electron chi connectivity index (χ3n) is 5.27. The Morgan fingerprint density at radius 2 is 2.00 bits per heavy atom. The number of carbonyl (C=O) groups excluding carboxylic acids is 1. The fourth-order valence-corrected chi connectivity index (χ4v) is 3.63. The minimum absolute atomic E-state index is 0.168. The summed E-state index contributed by atoms with van der Waals surface area (Å²) >= 11 is 0. The molecule has 1 unspecified atom stereocenters. The highest BCUT2D eigenvalue weighted by molar-refractivity contribution is 6.01. The molecular weight excluding hydrogens is 382 g/mol. The largest absolute Gasteiger partial charge is 0.481 e. The maximum atomic E-state index is 15.8. The molecule has 0 aliphatic carbocycles. The van der Waals surface area contributed by atoms with Gasteiger partial charge in [0.2, 0.25) is 11.5 Å². The predicted octanol–water partition coefficient (Wildman–Crippen LogP) is 2.23. The van der Waals surface area contributed by atoms with Crippen molar-refractivity contribution in [2.45, 2.75) is 19.0 Å². The summed E-state index contributed by atoms with van der Waals surface area (Å²) in [6.07, 6.45) is 0.335. The Morgan fingerprint density at radius 3 is 2.72 bits per heavy atom. The van der Waals surface area contributed by atoms with Crippen molar-refractivity contribution in [3.05, 3.63) is 41.5 Å². The van der Waals surface area contributed by atoms with Crippen LogP contribution in [0.1, 0.15) is 18.3 Å². The van der Waals surface area contributed by atoms with Crippen LogP contribution in [0, 0.1) is 5.82 Å². The van der Waals surface area contributed by atoms with E-state index in [2.05, 4.69) is 9.97 Å². The van der Waals surface area contributed by atoms with Gasteiger partial charge in [-0.2, -0.15) is 4.98 Å². The molecule has 1 aromatic heterocycles. The van der Waals surface area contributed by atoms with Crippen molar-refractivity contribution in [1.82, 2.24) is 9.97 Å². The Balaban J connectivity index is 1.68. The van der Waals surface area contributed by atoms with E-state index in [4.69, 9.17) is 9.47 Å². The second kappa shape index (κ2) is 7.55. The highest BCUT2D eigenvalue weighted by Crippen LogP contribution is 2.36. The van der Waals surface area contributed by atoms with Gasteiger partial charge in [-0.15, -0.1) is 0 Å². The van der Waals surface area contributed by atoms with E-state index in [1.165, 1.54) is 24.1 Å². The zero-order valence-corrected chi connectivity index (χ0v) is 16.3. The summed E-state index contributed by atoms with van der Waals surface area (Å²) in [4.78, 5) is 24.7. The van der Waals surface area contributed by atoms with Gasteiger partial charge in [0.25, 0.3) is 5.91 Å². The van der Waals surface area contributed by atoms with Gasteiger partial charge in [0.15, 0.2) is 5.82 Å². The van der Waals surface area contributed by atoms with Crippen molar-refractivity contribution < 1.29 is 23.0 Å². The van der Waals surface area contributed by atoms with Crippen molar-refractivity contribution in [2.24, 2.45) is 0 Å². The lowest BCUT2D eigenvalue weighted by Crippen LogP contribution is -2.43. The number of hydrogen-bond donors (Lipinski definition) is 0. The average molecular weight is 404 g/mol. The van der Waals surface area contributed by atoms with Gasteiger partial charge in [0, 0.05) is 37.0 Å². The monoisotopic (exact) mass is 404 g/mol. The molecule has 1 atom stereocenters. The molecule has 0 bridgehead atoms. The fourth-order valence-electron chi connectivity index (χ4n) is 3.63. The van der Waals surface area contributed by atoms with E-state index in [-0.39, 0.29) is 18.2 Å². The fraction of sp³-hybridized carbons (Fsp3) is 0.450. The molecule has 0 spiro atoms. The number of fused-ring (bicyclic) bond motifs is 1. The van der Waals surface area contributed by atoms with Crippen LogP contribution in [-0.4, -0.2) is 55.8 Å². The molecule has 1 amide bonds. The molecule has 154 valence electrons. The molecule has 9 heteroatoms. The summed E-state index contributed by atoms with van der Waals surface area (Å²) < 4.78 is 40.4. The summed E-state index contributed by atoms with van der Waals surface area (Å²) in [6.45, 7) is 3.58. The van der Waals surface area contributed by atoms with E-state index in [0.29, 0.717) is 49.8 Å². The number of ether oxygens (including phenoxy) is 2. The number of morpholine rings is 1. The number of methoxy groups -OCH3 is 1. The van der Waals surface area contributed by atoms with Crippen molar-refractivity contribution in [1.29, 1.82) is 0 Å². The minimum Gasteiger partial charge on any atom is -0.481 e. The van der Waals surface area contributed by atoms with Crippen molar-refractivity contribution in [2.75, 3.05) is 49.8 Å². The average Bonchev–Trinajstić information content (AvgIpc) is 3.18. The summed E-state index contributed by atoms with van der Waals surface area (Å²) in [6, 6.07) is 6.07. The van der Waals surface area contributed by atoms with E-state index in [1.54, 1.807) is 12.1 Å². The first-order valence-corrected chi connectivity index (χ1v) is 9.46. The van der Waals surface area contributed by atoms with Crippen LogP contribution in [0.5, 0.6) is 5.88 Å². The second-order valence-corrected chi connectivity index (χ2v) is 7.14. The van der Waals surface area contributed by atoms with Crippen molar-refractivity contribution >= 4 is 17.4 Å². The van der Waals surface area contributed by atoms with Gasteiger partial charge >= 0.3 is 0 Å². The summed E-state index contributed by atoms with van der Waals surface area (Å²) in [5.74, 6) is -0.873. The molecule has 0 N–H and O–H groups in total. The van der Waals surface area contributed by atoms with Crippen LogP contribution in [0.25, 0.3) is 0 Å². The molecule has 7 nitrogen and oxygen atoms in total. The third kappa shape index (κ3) is 3.50. The number of carbonyl (C=O) groups is 1. The molecule has 0 radical (unpaired) electrons. The van der Waals surface area contributed by atoms with E-state index in [1.807, 2.05) is 4.90 Å². The van der Waals surface area contributed by atoms with Gasteiger partial charge in [0.05, 0.1) is 20.3 Å². The van der Waals surface area contributed by atoms with Gasteiger partial charge in [-0.3, -0.25) is 4.79 Å². The summed E-state index contributed by atoms with van der Waals surface area (Å²) in [7, 11) is 1.42. The maximum Gasteiger partial charge on any atom is 0.272 e. The van der Waals surface area contributed by atoms with Gasteiger partial charge in [-0.25, -0.2) is 13.8 Å². The Kier molecular flexibility index (Phi) is 5.08. The Labute approximate surface area is 167 Å². The van der Waals surface area contributed by atoms with Crippen LogP contribution >= 0.6 is 0 Å². The number of aromatic nitrogens is 2. The summed E-state index contributed by atoms with van der Waals surface area (Å²) in [5.41, 5.74) is -1.71. The van der Waals surface area contributed by atoms with Crippen LogP contribution in [0.2, 0.25) is 0 Å². The number of anilines is 2. The number of alkyl halides is 1. The molecule has 2 aliphatic heterocycles. The lowest BCUT2D eigenvalue weighted by molar-refractivity contribution is -0.130. The van der Waals surface area contributed by atoms with E-state index in [0.717, 1.165) is 6.92 Å². The highest BCUT2D eigenvalue weighted by Gasteiger charge is 2.44. The Hall–Kier alpha value is -2.81. The molecular formula is C20H22F2N4O3. The number of hydrogen-bond acceptors (Lipinski definition) is 6. The highest BCUT2D eigenvalue weighted by atomic mass is 19.1. The smallest absolute Gasteiger partial charge is 0.272 e. The molecule has 0 saturated carbocycles. The van der Waals surface area contributed by atoms with E-state index in [9.17, 15) is 9.18 Å². The zero-order valence-electron chi connectivity index (χ0n) is 16.3. The number of nitrogens with zero attached hydrogens (tertiary/aromatic N) is 4. The van der Waals surface area contributed by atoms with Gasteiger partial charge in [0.1, 0.15) is 11.6 Å². The zero-order chi connectivity index (χ0) is 20.6. The molecule has 29 heavy (non-hydrogen) atoms. The molecule has 1 saturated heterocycles. The number of halogens is 2. The SMILES string of the molecule is COc1cc(N2CCOCC2)nc(C(C)(F)C(=O)N2CCc3c(F)cccc32)n1. The first-order chi connectivity index (χ1) is 13.9. The van der Waals surface area contributed by atoms with Crippen LogP contribution in [0.15, 0.2) is 24.3 Å². The van der Waals surface area contributed by atoms with Crippen LogP contribution in [0.3, 0.4) is 0 Å². The molecule has 1 fully saturated rings. The van der Waals surface area contributed by atoms with Crippen LogP contribution in [-0.2, 0) is 21.6 Å². The molecule has 4 rings (SSSR count). The second-order valence-electron chi connectivity index (χ2n) is 7.14. The third-order valence-corrected chi connectivity index (χ3v) is 5.27. The van der Waals surface area contributed by atoms with E-state index < -0.39 is 17.4 Å². The Bertz CT molecular complexity index is 932. The Morgan fingerprint density at radius 1 is 1.24 bits per heavy atom. The van der Waals surface area contributed by atoms with E-state index >= 15 is 4.39 Å².